The van der Waals surface area contributed by atoms with Crippen LogP contribution in [-0.4, -0.2) is 17.8 Å². The summed E-state index contributed by atoms with van der Waals surface area (Å²) in [5.74, 6) is 0. The molecule has 1 aromatic rings. The van der Waals surface area contributed by atoms with Gasteiger partial charge in [-0.3, -0.25) is 0 Å². The molecule has 0 saturated heterocycles. The second-order valence-electron chi connectivity index (χ2n) is 6.64. The molecule has 1 atom stereocenters. The van der Waals surface area contributed by atoms with E-state index in [9.17, 15) is 5.11 Å². The fraction of sp³-hybridized carbons (Fsp3) is 0.579. The Bertz CT molecular complexity index is 445. The van der Waals surface area contributed by atoms with E-state index in [2.05, 4.69) is 37.8 Å². The summed E-state index contributed by atoms with van der Waals surface area (Å²) >= 11 is 0. The van der Waals surface area contributed by atoms with Crippen LogP contribution < -0.4 is 0 Å². The number of rotatable bonds is 9. The molecule has 0 radical (unpaired) electrons. The van der Waals surface area contributed by atoms with Crippen LogP contribution in [0, 0.1) is 0 Å². The Morgan fingerprint density at radius 2 is 1.81 bits per heavy atom. The molecule has 0 aliphatic rings. The molecule has 0 amide bonds. The lowest BCUT2D eigenvalue weighted by atomic mass is 9.88. The second-order valence-corrected chi connectivity index (χ2v) is 6.64. The Hall–Kier alpha value is -1.12. The Morgan fingerprint density at radius 1 is 1.14 bits per heavy atom. The first kappa shape index (κ1) is 17.9. The molecule has 2 heteroatoms. The largest absolute Gasteiger partial charge is 0.390 e. The monoisotopic (exact) mass is 290 g/mol. The first-order chi connectivity index (χ1) is 9.80. The van der Waals surface area contributed by atoms with Gasteiger partial charge in [0.2, 0.25) is 0 Å². The highest BCUT2D eigenvalue weighted by atomic mass is 16.5. The summed E-state index contributed by atoms with van der Waals surface area (Å²) in [5, 5.41) is 9.72. The van der Waals surface area contributed by atoms with Crippen molar-refractivity contribution in [2.75, 3.05) is 7.11 Å². The topological polar surface area (TPSA) is 29.5 Å². The van der Waals surface area contributed by atoms with Crippen LogP contribution in [0.3, 0.4) is 0 Å². The minimum absolute atomic E-state index is 0.256. The second kappa shape index (κ2) is 7.77. The third-order valence-corrected chi connectivity index (χ3v) is 4.13. The van der Waals surface area contributed by atoms with E-state index in [-0.39, 0.29) is 5.60 Å². The summed E-state index contributed by atoms with van der Waals surface area (Å²) in [7, 11) is 1.78. The summed E-state index contributed by atoms with van der Waals surface area (Å²) in [6.07, 6.45) is 6.96. The number of hydrogen-bond acceptors (Lipinski definition) is 2. The Morgan fingerprint density at radius 3 is 2.38 bits per heavy atom. The summed E-state index contributed by atoms with van der Waals surface area (Å²) in [4.78, 5) is 0. The van der Waals surface area contributed by atoms with E-state index in [1.807, 2.05) is 19.9 Å². The zero-order chi connectivity index (χ0) is 15.9. The molecule has 0 aliphatic carbocycles. The average Bonchev–Trinajstić information content (AvgIpc) is 2.45. The lowest BCUT2D eigenvalue weighted by Crippen LogP contribution is -2.24. The van der Waals surface area contributed by atoms with Gasteiger partial charge < -0.3 is 9.84 Å². The number of aliphatic hydroxyl groups is 1. The maximum absolute atomic E-state index is 9.72. The van der Waals surface area contributed by atoms with Crippen molar-refractivity contribution in [3.8, 4) is 0 Å². The smallest absolute Gasteiger partial charge is 0.0899 e. The average molecular weight is 290 g/mol. The molecule has 0 spiro atoms. The maximum Gasteiger partial charge on any atom is 0.0899 e. The standard InChI is InChI=1S/C19H30O2/c1-6-16-11-10-12-17(15-16)19(4,21-5)14-9-7-8-13-18(2,3)20/h6,10-12,15,20H,1,7-9,13-14H2,2-5H3. The quantitative estimate of drug-likeness (QED) is 0.655. The molecule has 118 valence electrons. The molecule has 0 saturated carbocycles. The zero-order valence-corrected chi connectivity index (χ0v) is 14.0. The molecule has 2 nitrogen and oxygen atoms in total. The number of hydrogen-bond donors (Lipinski definition) is 1. The predicted molar refractivity (Wildman–Crippen MR) is 90.3 cm³/mol. The molecule has 1 rings (SSSR count). The van der Waals surface area contributed by atoms with Crippen LogP contribution in [0.5, 0.6) is 0 Å². The van der Waals surface area contributed by atoms with Gasteiger partial charge in [0.15, 0.2) is 0 Å². The third kappa shape index (κ3) is 6.03. The molecule has 0 bridgehead atoms. The van der Waals surface area contributed by atoms with Crippen molar-refractivity contribution in [1.82, 2.24) is 0 Å². The molecular formula is C19H30O2. The number of benzene rings is 1. The van der Waals surface area contributed by atoms with Crippen molar-refractivity contribution in [3.05, 3.63) is 42.0 Å². The highest BCUT2D eigenvalue weighted by Gasteiger charge is 2.25. The molecule has 1 unspecified atom stereocenters. The SMILES string of the molecule is C=Cc1cccc(C(C)(CCCCCC(C)(C)O)OC)c1. The van der Waals surface area contributed by atoms with E-state index in [1.165, 1.54) is 5.56 Å². The minimum atomic E-state index is -0.553. The van der Waals surface area contributed by atoms with Crippen LogP contribution in [0.2, 0.25) is 0 Å². The highest BCUT2D eigenvalue weighted by molar-refractivity contribution is 5.48. The molecule has 21 heavy (non-hydrogen) atoms. The van der Waals surface area contributed by atoms with Crippen molar-refractivity contribution in [3.63, 3.8) is 0 Å². The van der Waals surface area contributed by atoms with Crippen molar-refractivity contribution in [2.24, 2.45) is 0 Å². The van der Waals surface area contributed by atoms with Crippen molar-refractivity contribution in [1.29, 1.82) is 0 Å². The van der Waals surface area contributed by atoms with E-state index in [0.717, 1.165) is 37.7 Å². The zero-order valence-electron chi connectivity index (χ0n) is 14.0. The fourth-order valence-corrected chi connectivity index (χ4v) is 2.56. The number of ether oxygens (including phenoxy) is 1. The van der Waals surface area contributed by atoms with E-state index >= 15 is 0 Å². The summed E-state index contributed by atoms with van der Waals surface area (Å²) in [5.41, 5.74) is 1.51. The number of unbranched alkanes of at least 4 members (excludes halogenated alkanes) is 2. The predicted octanol–water partition coefficient (Wildman–Crippen LogP) is 4.91. The van der Waals surface area contributed by atoms with Crippen LogP contribution in [0.4, 0.5) is 0 Å². The first-order valence-corrected chi connectivity index (χ1v) is 7.81. The minimum Gasteiger partial charge on any atom is -0.390 e. The van der Waals surface area contributed by atoms with Crippen molar-refractivity contribution < 1.29 is 9.84 Å². The first-order valence-electron chi connectivity index (χ1n) is 7.81. The van der Waals surface area contributed by atoms with Crippen LogP contribution in [-0.2, 0) is 10.3 Å². The lowest BCUT2D eigenvalue weighted by Gasteiger charge is -2.29. The van der Waals surface area contributed by atoms with Gasteiger partial charge in [0.1, 0.15) is 0 Å². The molecule has 1 aromatic carbocycles. The Labute approximate surface area is 129 Å². The van der Waals surface area contributed by atoms with Gasteiger partial charge in [0.05, 0.1) is 11.2 Å². The Balaban J connectivity index is 2.57. The summed E-state index contributed by atoms with van der Waals surface area (Å²) in [6, 6.07) is 8.37. The van der Waals surface area contributed by atoms with Gasteiger partial charge in [-0.2, -0.15) is 0 Å². The lowest BCUT2D eigenvalue weighted by molar-refractivity contribution is -0.00804. The normalized spacial score (nSPS) is 14.7. The summed E-state index contributed by atoms with van der Waals surface area (Å²) in [6.45, 7) is 9.71. The third-order valence-electron chi connectivity index (χ3n) is 4.13. The van der Waals surface area contributed by atoms with Crippen LogP contribution in [0.15, 0.2) is 30.8 Å². The van der Waals surface area contributed by atoms with E-state index in [0.29, 0.717) is 0 Å². The van der Waals surface area contributed by atoms with Gasteiger partial charge in [-0.15, -0.1) is 0 Å². The molecule has 0 aromatic heterocycles. The molecule has 1 N–H and O–H groups in total. The van der Waals surface area contributed by atoms with Gasteiger partial charge >= 0.3 is 0 Å². The van der Waals surface area contributed by atoms with Gasteiger partial charge in [-0.1, -0.05) is 50.1 Å². The van der Waals surface area contributed by atoms with Gasteiger partial charge in [0, 0.05) is 7.11 Å². The van der Waals surface area contributed by atoms with Crippen LogP contribution in [0.25, 0.3) is 6.08 Å². The molecule has 0 fully saturated rings. The van der Waals surface area contributed by atoms with Crippen molar-refractivity contribution in [2.45, 2.75) is 64.1 Å². The van der Waals surface area contributed by atoms with Crippen molar-refractivity contribution >= 4 is 6.08 Å². The van der Waals surface area contributed by atoms with Crippen LogP contribution in [0.1, 0.15) is 64.0 Å². The van der Waals surface area contributed by atoms with Gasteiger partial charge in [-0.25, -0.2) is 0 Å². The fourth-order valence-electron chi connectivity index (χ4n) is 2.56. The van der Waals surface area contributed by atoms with E-state index in [1.54, 1.807) is 7.11 Å². The highest BCUT2D eigenvalue weighted by Crippen LogP contribution is 2.31. The van der Waals surface area contributed by atoms with Gasteiger partial charge in [0.25, 0.3) is 0 Å². The van der Waals surface area contributed by atoms with E-state index < -0.39 is 5.60 Å². The molecular weight excluding hydrogens is 260 g/mol. The molecule has 0 heterocycles. The number of methoxy groups -OCH3 is 1. The summed E-state index contributed by atoms with van der Waals surface area (Å²) < 4.78 is 5.79. The Kier molecular flexibility index (Phi) is 6.63. The van der Waals surface area contributed by atoms with Gasteiger partial charge in [-0.05, 0) is 50.8 Å². The van der Waals surface area contributed by atoms with E-state index in [4.69, 9.17) is 4.74 Å². The molecule has 0 aliphatic heterocycles. The van der Waals surface area contributed by atoms with Crippen LogP contribution >= 0.6 is 0 Å². The maximum atomic E-state index is 9.72.